The molecule has 0 fully saturated rings. The van der Waals surface area contributed by atoms with Crippen LogP contribution >= 0.6 is 0 Å². The van der Waals surface area contributed by atoms with E-state index < -0.39 is 0 Å². The second-order valence-corrected chi connectivity index (χ2v) is 6.98. The number of nitrogens with zero attached hydrogens (tertiary/aromatic N) is 1. The first-order valence-corrected chi connectivity index (χ1v) is 9.68. The molecule has 0 bridgehead atoms. The Bertz CT molecular complexity index is 1040. The fraction of sp³-hybridized carbons (Fsp3) is 0.318. The van der Waals surface area contributed by atoms with Gasteiger partial charge in [0.15, 0.2) is 18.1 Å². The number of fused-ring (bicyclic) bond motifs is 4. The van der Waals surface area contributed by atoms with E-state index in [1.54, 1.807) is 0 Å². The second-order valence-electron chi connectivity index (χ2n) is 6.98. The van der Waals surface area contributed by atoms with Gasteiger partial charge in [0.25, 0.3) is 0 Å². The highest BCUT2D eigenvalue weighted by atomic mass is 16.6. The van der Waals surface area contributed by atoms with Gasteiger partial charge in [-0.3, -0.25) is 4.79 Å². The number of nitrogens with one attached hydrogen (secondary N) is 1. The van der Waals surface area contributed by atoms with Crippen LogP contribution in [0, 0.1) is 0 Å². The van der Waals surface area contributed by atoms with E-state index in [1.807, 2.05) is 36.4 Å². The smallest absolute Gasteiger partial charge is 0.203 e. The normalized spacial score (nSPS) is 15.7. The minimum absolute atomic E-state index is 0.0128. The molecule has 28 heavy (non-hydrogen) atoms. The van der Waals surface area contributed by atoms with Crippen molar-refractivity contribution in [3.63, 3.8) is 0 Å². The van der Waals surface area contributed by atoms with Gasteiger partial charge in [-0.05, 0) is 18.2 Å². The third-order valence-electron chi connectivity index (χ3n) is 5.30. The summed E-state index contributed by atoms with van der Waals surface area (Å²) in [5.74, 6) is 1.76. The number of rotatable bonds is 4. The van der Waals surface area contributed by atoms with Gasteiger partial charge in [0, 0.05) is 42.7 Å². The van der Waals surface area contributed by atoms with Crippen LogP contribution in [0.2, 0.25) is 0 Å². The number of para-hydroxylation sites is 2. The first kappa shape index (κ1) is 17.1. The van der Waals surface area contributed by atoms with E-state index >= 15 is 0 Å². The highest BCUT2D eigenvalue weighted by molar-refractivity contribution is 6.10. The molecule has 0 unspecified atom stereocenters. The van der Waals surface area contributed by atoms with E-state index in [4.69, 9.17) is 14.2 Å². The Balaban J connectivity index is 1.46. The van der Waals surface area contributed by atoms with Gasteiger partial charge in [-0.2, -0.15) is 0 Å². The Morgan fingerprint density at radius 1 is 1.07 bits per heavy atom. The van der Waals surface area contributed by atoms with Crippen LogP contribution < -0.4 is 19.5 Å². The summed E-state index contributed by atoms with van der Waals surface area (Å²) in [5.41, 5.74) is 2.98. The third kappa shape index (κ3) is 2.90. The van der Waals surface area contributed by atoms with E-state index in [2.05, 4.69) is 16.0 Å². The summed E-state index contributed by atoms with van der Waals surface area (Å²) in [6, 6.07) is 13.6. The van der Waals surface area contributed by atoms with E-state index in [0.29, 0.717) is 30.5 Å². The first-order valence-electron chi connectivity index (χ1n) is 9.68. The molecule has 5 rings (SSSR count). The molecule has 144 valence electrons. The molecule has 0 atom stereocenters. The van der Waals surface area contributed by atoms with Crippen LogP contribution in [0.5, 0.6) is 17.2 Å². The summed E-state index contributed by atoms with van der Waals surface area (Å²) < 4.78 is 19.4. The molecule has 2 aliphatic rings. The molecule has 3 heterocycles. The van der Waals surface area contributed by atoms with E-state index in [1.165, 1.54) is 0 Å². The molecule has 6 heteroatoms. The number of carbonyl (C=O) groups is 1. The average molecular weight is 378 g/mol. The van der Waals surface area contributed by atoms with Crippen LogP contribution in [0.25, 0.3) is 10.9 Å². The fourth-order valence-corrected chi connectivity index (χ4v) is 4.08. The van der Waals surface area contributed by atoms with Crippen LogP contribution in [-0.2, 0) is 13.0 Å². The number of ether oxygens (including phenoxy) is 3. The van der Waals surface area contributed by atoms with Crippen molar-refractivity contribution >= 4 is 16.7 Å². The lowest BCUT2D eigenvalue weighted by Gasteiger charge is -2.20. The predicted molar refractivity (Wildman–Crippen MR) is 106 cm³/mol. The highest BCUT2D eigenvalue weighted by Crippen LogP contribution is 2.39. The van der Waals surface area contributed by atoms with E-state index in [-0.39, 0.29) is 12.4 Å². The monoisotopic (exact) mass is 378 g/mol. The number of hydrogen-bond donors (Lipinski definition) is 1. The average Bonchev–Trinajstić information content (AvgIpc) is 2.87. The summed E-state index contributed by atoms with van der Waals surface area (Å²) in [4.78, 5) is 13.2. The molecule has 6 nitrogen and oxygen atoms in total. The highest BCUT2D eigenvalue weighted by Gasteiger charge is 2.24. The molecule has 2 aromatic carbocycles. The maximum Gasteiger partial charge on any atom is 0.203 e. The zero-order valence-electron chi connectivity index (χ0n) is 15.6. The minimum atomic E-state index is -0.0335. The quantitative estimate of drug-likeness (QED) is 0.708. The number of Topliss-reactive ketones (excluding diaryl/α,β-unsaturated/α-hetero) is 1. The summed E-state index contributed by atoms with van der Waals surface area (Å²) in [6.07, 6.45) is 0.827. The van der Waals surface area contributed by atoms with Crippen molar-refractivity contribution in [2.24, 2.45) is 0 Å². The molecule has 1 N–H and O–H groups in total. The minimum Gasteiger partial charge on any atom is -0.486 e. The van der Waals surface area contributed by atoms with Crippen LogP contribution in [0.15, 0.2) is 42.5 Å². The Kier molecular flexibility index (Phi) is 4.41. The van der Waals surface area contributed by atoms with Gasteiger partial charge in [-0.15, -0.1) is 0 Å². The van der Waals surface area contributed by atoms with Crippen LogP contribution in [0.3, 0.4) is 0 Å². The number of aromatic nitrogens is 1. The molecule has 1 aromatic heterocycles. The lowest BCUT2D eigenvalue weighted by molar-refractivity contribution is 0.0914. The zero-order chi connectivity index (χ0) is 18.9. The molecule has 3 aromatic rings. The van der Waals surface area contributed by atoms with Crippen LogP contribution in [0.1, 0.15) is 16.1 Å². The van der Waals surface area contributed by atoms with Crippen molar-refractivity contribution in [1.29, 1.82) is 0 Å². The van der Waals surface area contributed by atoms with E-state index in [0.717, 1.165) is 48.2 Å². The molecular weight excluding hydrogens is 356 g/mol. The van der Waals surface area contributed by atoms with Gasteiger partial charge >= 0.3 is 0 Å². The predicted octanol–water partition coefficient (Wildman–Crippen LogP) is 2.82. The maximum absolute atomic E-state index is 13.2. The zero-order valence-corrected chi connectivity index (χ0v) is 15.6. The van der Waals surface area contributed by atoms with Gasteiger partial charge < -0.3 is 24.1 Å². The molecule has 0 saturated heterocycles. The molecule has 0 radical (unpaired) electrons. The van der Waals surface area contributed by atoms with Gasteiger partial charge in [0.1, 0.15) is 13.2 Å². The molecule has 0 saturated carbocycles. The Morgan fingerprint density at radius 3 is 2.93 bits per heavy atom. The largest absolute Gasteiger partial charge is 0.486 e. The van der Waals surface area contributed by atoms with Gasteiger partial charge in [-0.1, -0.05) is 24.3 Å². The van der Waals surface area contributed by atoms with Crippen molar-refractivity contribution < 1.29 is 19.0 Å². The molecule has 2 aliphatic heterocycles. The Hall–Kier alpha value is -2.99. The molecule has 0 spiro atoms. The molecule has 0 aliphatic carbocycles. The maximum atomic E-state index is 13.2. The lowest BCUT2D eigenvalue weighted by Crippen LogP contribution is -2.18. The third-order valence-corrected chi connectivity index (χ3v) is 5.30. The standard InChI is InChI=1S/C22H22N2O4/c25-18(14-28-20-7-3-6-19-22(20)27-13-12-26-19)21-15-4-1-2-5-16(15)24-11-10-23-9-8-17(21)24/h1-7,23H,8-14H2. The summed E-state index contributed by atoms with van der Waals surface area (Å²) in [5, 5.41) is 4.41. The Morgan fingerprint density at radius 2 is 1.96 bits per heavy atom. The Labute approximate surface area is 163 Å². The van der Waals surface area contributed by atoms with Crippen molar-refractivity contribution in [2.45, 2.75) is 13.0 Å². The van der Waals surface area contributed by atoms with Gasteiger partial charge in [0.05, 0.1) is 5.56 Å². The van der Waals surface area contributed by atoms with Crippen molar-refractivity contribution in [3.05, 3.63) is 53.7 Å². The van der Waals surface area contributed by atoms with Crippen LogP contribution in [-0.4, -0.2) is 43.3 Å². The summed E-state index contributed by atoms with van der Waals surface area (Å²) >= 11 is 0. The van der Waals surface area contributed by atoms with Crippen molar-refractivity contribution in [1.82, 2.24) is 9.88 Å². The molecular formula is C22H22N2O4. The van der Waals surface area contributed by atoms with Gasteiger partial charge in [-0.25, -0.2) is 0 Å². The topological polar surface area (TPSA) is 61.7 Å². The van der Waals surface area contributed by atoms with Crippen molar-refractivity contribution in [2.75, 3.05) is 32.9 Å². The lowest BCUT2D eigenvalue weighted by atomic mass is 10.1. The number of ketones is 1. The van der Waals surface area contributed by atoms with E-state index in [9.17, 15) is 4.79 Å². The number of carbonyl (C=O) groups excluding carboxylic acids is 1. The summed E-state index contributed by atoms with van der Waals surface area (Å²) in [7, 11) is 0. The second kappa shape index (κ2) is 7.20. The summed E-state index contributed by atoms with van der Waals surface area (Å²) in [6.45, 7) is 3.60. The SMILES string of the molecule is O=C(COc1cccc2c1OCCO2)c1c2n(c3ccccc13)CCNCC2. The first-order chi connectivity index (χ1) is 13.8. The number of hydrogen-bond acceptors (Lipinski definition) is 5. The molecule has 0 amide bonds. The van der Waals surface area contributed by atoms with Crippen molar-refractivity contribution in [3.8, 4) is 17.2 Å². The fourth-order valence-electron chi connectivity index (χ4n) is 4.08. The number of benzene rings is 2. The van der Waals surface area contributed by atoms with Crippen LogP contribution in [0.4, 0.5) is 0 Å². The van der Waals surface area contributed by atoms with Gasteiger partial charge in [0.2, 0.25) is 11.5 Å².